The Bertz CT molecular complexity index is 628. The number of halogens is 2. The normalized spacial score (nSPS) is 10.4. The summed E-state index contributed by atoms with van der Waals surface area (Å²) in [6, 6.07) is 7.39. The zero-order valence-electron chi connectivity index (χ0n) is 9.45. The summed E-state index contributed by atoms with van der Waals surface area (Å²) in [6.45, 7) is 1.70. The molecule has 0 atom stereocenters. The van der Waals surface area contributed by atoms with Gasteiger partial charge in [-0.25, -0.2) is 14.2 Å². The topological polar surface area (TPSA) is 50.2 Å². The number of pyridine rings is 1. The van der Waals surface area contributed by atoms with Crippen molar-refractivity contribution in [3.8, 4) is 11.1 Å². The number of carbonyl (C=O) groups is 1. The smallest absolute Gasteiger partial charge is 0.354 e. The molecule has 0 aliphatic heterocycles. The minimum absolute atomic E-state index is 0.00107. The van der Waals surface area contributed by atoms with E-state index in [2.05, 4.69) is 4.98 Å². The van der Waals surface area contributed by atoms with E-state index in [1.54, 1.807) is 19.1 Å². The number of aromatic carboxylic acids is 1. The number of nitrogens with zero attached hydrogens (tertiary/aromatic N) is 1. The Labute approximate surface area is 108 Å². The molecule has 0 fully saturated rings. The number of hydrogen-bond acceptors (Lipinski definition) is 2. The first kappa shape index (κ1) is 12.5. The minimum Gasteiger partial charge on any atom is -0.477 e. The molecule has 1 aromatic carbocycles. The van der Waals surface area contributed by atoms with Gasteiger partial charge in [-0.3, -0.25) is 0 Å². The summed E-state index contributed by atoms with van der Waals surface area (Å²) >= 11 is 5.70. The Balaban J connectivity index is 2.56. The third-order valence-corrected chi connectivity index (χ3v) is 2.72. The van der Waals surface area contributed by atoms with Crippen LogP contribution in [0.25, 0.3) is 11.1 Å². The maximum atomic E-state index is 13.1. The van der Waals surface area contributed by atoms with Crippen LogP contribution < -0.4 is 0 Å². The quantitative estimate of drug-likeness (QED) is 0.903. The predicted octanol–water partition coefficient (Wildman–Crippen LogP) is 3.55. The van der Waals surface area contributed by atoms with Gasteiger partial charge in [-0.15, -0.1) is 0 Å². The molecule has 0 spiro atoms. The summed E-state index contributed by atoms with van der Waals surface area (Å²) < 4.78 is 13.1. The molecule has 92 valence electrons. The monoisotopic (exact) mass is 265 g/mol. The average Bonchev–Trinajstić information content (AvgIpc) is 2.31. The zero-order valence-corrected chi connectivity index (χ0v) is 10.2. The first-order valence-corrected chi connectivity index (χ1v) is 5.52. The lowest BCUT2D eigenvalue weighted by atomic mass is 10.0. The molecule has 3 nitrogen and oxygen atoms in total. The van der Waals surface area contributed by atoms with Gasteiger partial charge >= 0.3 is 5.97 Å². The van der Waals surface area contributed by atoms with E-state index in [4.69, 9.17) is 16.7 Å². The molecule has 2 rings (SSSR count). The Kier molecular flexibility index (Phi) is 3.30. The summed E-state index contributed by atoms with van der Waals surface area (Å²) in [5.41, 5.74) is 1.81. The van der Waals surface area contributed by atoms with Gasteiger partial charge in [0.15, 0.2) is 0 Å². The van der Waals surface area contributed by atoms with Crippen LogP contribution in [0.3, 0.4) is 0 Å². The van der Waals surface area contributed by atoms with Crippen LogP contribution in [0.4, 0.5) is 4.39 Å². The maximum absolute atomic E-state index is 13.1. The molecule has 1 heterocycles. The molecule has 1 aromatic heterocycles. The Morgan fingerprint density at radius 3 is 2.61 bits per heavy atom. The molecular formula is C13H9ClFNO2. The van der Waals surface area contributed by atoms with Crippen LogP contribution >= 0.6 is 11.6 Å². The number of aryl methyl sites for hydroxylation is 1. The summed E-state index contributed by atoms with van der Waals surface area (Å²) in [5.74, 6) is -1.61. The SMILES string of the molecule is Cc1cc(-c2ccc(F)c(Cl)c2)cc(C(=O)O)n1. The van der Waals surface area contributed by atoms with E-state index in [0.29, 0.717) is 16.8 Å². The van der Waals surface area contributed by atoms with Gasteiger partial charge < -0.3 is 5.11 Å². The van der Waals surface area contributed by atoms with Crippen LogP contribution in [-0.2, 0) is 0 Å². The fourth-order valence-electron chi connectivity index (χ4n) is 1.62. The van der Waals surface area contributed by atoms with E-state index in [1.807, 2.05) is 0 Å². The number of rotatable bonds is 2. The highest BCUT2D eigenvalue weighted by Crippen LogP contribution is 2.25. The molecule has 0 saturated heterocycles. The van der Waals surface area contributed by atoms with E-state index in [9.17, 15) is 9.18 Å². The number of carboxylic acid groups (broad SMARTS) is 1. The lowest BCUT2D eigenvalue weighted by Crippen LogP contribution is -2.01. The Morgan fingerprint density at radius 2 is 2.00 bits per heavy atom. The molecule has 0 saturated carbocycles. The van der Waals surface area contributed by atoms with E-state index < -0.39 is 11.8 Å². The van der Waals surface area contributed by atoms with Crippen LogP contribution in [0, 0.1) is 12.7 Å². The lowest BCUT2D eigenvalue weighted by molar-refractivity contribution is 0.0690. The zero-order chi connectivity index (χ0) is 13.3. The summed E-state index contributed by atoms with van der Waals surface area (Å²) in [5, 5.41) is 8.93. The summed E-state index contributed by atoms with van der Waals surface area (Å²) in [7, 11) is 0. The second-order valence-corrected chi connectivity index (χ2v) is 4.22. The number of carboxylic acids is 1. The molecule has 0 unspecified atom stereocenters. The maximum Gasteiger partial charge on any atom is 0.354 e. The van der Waals surface area contributed by atoms with Crippen LogP contribution in [0.5, 0.6) is 0 Å². The first-order chi connectivity index (χ1) is 8.47. The number of benzene rings is 1. The van der Waals surface area contributed by atoms with E-state index >= 15 is 0 Å². The molecular weight excluding hydrogens is 257 g/mol. The van der Waals surface area contributed by atoms with Gasteiger partial charge in [0.25, 0.3) is 0 Å². The Morgan fingerprint density at radius 1 is 1.28 bits per heavy atom. The van der Waals surface area contributed by atoms with Gasteiger partial charge in [0.05, 0.1) is 5.02 Å². The number of aromatic nitrogens is 1. The molecule has 0 bridgehead atoms. The van der Waals surface area contributed by atoms with Gasteiger partial charge in [-0.05, 0) is 42.3 Å². The highest BCUT2D eigenvalue weighted by atomic mass is 35.5. The highest BCUT2D eigenvalue weighted by molar-refractivity contribution is 6.31. The molecule has 0 amide bonds. The third kappa shape index (κ3) is 2.49. The van der Waals surface area contributed by atoms with Crippen molar-refractivity contribution in [2.45, 2.75) is 6.92 Å². The fraction of sp³-hybridized carbons (Fsp3) is 0.0769. The third-order valence-electron chi connectivity index (χ3n) is 2.43. The van der Waals surface area contributed by atoms with Crippen molar-refractivity contribution in [3.05, 3.63) is 52.6 Å². The summed E-state index contributed by atoms with van der Waals surface area (Å²) in [6.07, 6.45) is 0. The van der Waals surface area contributed by atoms with E-state index in [0.717, 1.165) is 0 Å². The van der Waals surface area contributed by atoms with Gasteiger partial charge in [0, 0.05) is 5.69 Å². The molecule has 2 aromatic rings. The average molecular weight is 266 g/mol. The van der Waals surface area contributed by atoms with Gasteiger partial charge in [0.1, 0.15) is 11.5 Å². The van der Waals surface area contributed by atoms with Crippen molar-refractivity contribution in [2.24, 2.45) is 0 Å². The molecule has 0 aliphatic carbocycles. The van der Waals surface area contributed by atoms with Gasteiger partial charge in [-0.1, -0.05) is 17.7 Å². The fourth-order valence-corrected chi connectivity index (χ4v) is 1.80. The van der Waals surface area contributed by atoms with Crippen LogP contribution in [0.2, 0.25) is 5.02 Å². The minimum atomic E-state index is -1.10. The van der Waals surface area contributed by atoms with E-state index in [1.165, 1.54) is 18.2 Å². The molecule has 0 radical (unpaired) electrons. The largest absolute Gasteiger partial charge is 0.477 e. The summed E-state index contributed by atoms with van der Waals surface area (Å²) in [4.78, 5) is 14.8. The van der Waals surface area contributed by atoms with Crippen LogP contribution in [-0.4, -0.2) is 16.1 Å². The highest BCUT2D eigenvalue weighted by Gasteiger charge is 2.09. The van der Waals surface area contributed by atoms with E-state index in [-0.39, 0.29) is 10.7 Å². The van der Waals surface area contributed by atoms with Crippen molar-refractivity contribution >= 4 is 17.6 Å². The standard InChI is InChI=1S/C13H9ClFNO2/c1-7-4-9(6-12(16-7)13(17)18)8-2-3-11(15)10(14)5-8/h2-6H,1H3,(H,17,18). The van der Waals surface area contributed by atoms with Gasteiger partial charge in [-0.2, -0.15) is 0 Å². The molecule has 18 heavy (non-hydrogen) atoms. The Hall–Kier alpha value is -1.94. The second-order valence-electron chi connectivity index (χ2n) is 3.82. The van der Waals surface area contributed by atoms with Crippen molar-refractivity contribution in [3.63, 3.8) is 0 Å². The van der Waals surface area contributed by atoms with Gasteiger partial charge in [0.2, 0.25) is 0 Å². The molecule has 5 heteroatoms. The second kappa shape index (κ2) is 4.74. The van der Waals surface area contributed by atoms with Crippen molar-refractivity contribution < 1.29 is 14.3 Å². The van der Waals surface area contributed by atoms with Crippen molar-refractivity contribution in [2.75, 3.05) is 0 Å². The molecule has 1 N–H and O–H groups in total. The van der Waals surface area contributed by atoms with Crippen LogP contribution in [0.1, 0.15) is 16.2 Å². The number of hydrogen-bond donors (Lipinski definition) is 1. The predicted molar refractivity (Wildman–Crippen MR) is 66.3 cm³/mol. The lowest BCUT2D eigenvalue weighted by Gasteiger charge is -2.05. The van der Waals surface area contributed by atoms with Crippen molar-refractivity contribution in [1.29, 1.82) is 0 Å². The van der Waals surface area contributed by atoms with Crippen LogP contribution in [0.15, 0.2) is 30.3 Å². The van der Waals surface area contributed by atoms with Crippen molar-refractivity contribution in [1.82, 2.24) is 4.98 Å². The molecule has 0 aliphatic rings. The first-order valence-electron chi connectivity index (χ1n) is 5.15.